The topological polar surface area (TPSA) is 105 Å². The number of ketones is 1. The molecule has 0 amide bonds. The molecule has 7 nitrogen and oxygen atoms in total. The molecule has 0 bridgehead atoms. The summed E-state index contributed by atoms with van der Waals surface area (Å²) in [6, 6.07) is 3.74. The smallest absolute Gasteiger partial charge is 0.234 e. The number of aromatic nitrogens is 2. The standard InChI is InChI=1S/C9H7N5O2S/c10-14-11-5-6(15)4-8-12-9(13-16-8)7-2-1-3-17-7/h1-3H,4-5H2. The SMILES string of the molecule is [N-]=[N+]=NCC(=O)Cc1nc(-c2cccs2)no1. The molecule has 0 fully saturated rings. The number of hydrogen-bond donors (Lipinski definition) is 0. The first-order chi connectivity index (χ1) is 8.29. The zero-order valence-electron chi connectivity index (χ0n) is 8.61. The molecule has 2 aromatic heterocycles. The number of Topliss-reactive ketones (excluding diaryl/α,β-unsaturated/α-hetero) is 1. The van der Waals surface area contributed by atoms with E-state index >= 15 is 0 Å². The Hall–Kier alpha value is -2.18. The molecule has 0 unspecified atom stereocenters. The quantitative estimate of drug-likeness (QED) is 0.460. The van der Waals surface area contributed by atoms with Crippen LogP contribution in [0.2, 0.25) is 0 Å². The van der Waals surface area contributed by atoms with E-state index in [2.05, 4.69) is 20.2 Å². The van der Waals surface area contributed by atoms with E-state index in [1.807, 2.05) is 17.5 Å². The first-order valence-corrected chi connectivity index (χ1v) is 5.56. The summed E-state index contributed by atoms with van der Waals surface area (Å²) in [5.74, 6) is 0.433. The zero-order chi connectivity index (χ0) is 12.1. The van der Waals surface area contributed by atoms with Crippen molar-refractivity contribution in [3.05, 3.63) is 33.8 Å². The van der Waals surface area contributed by atoms with Crippen LogP contribution in [0.3, 0.4) is 0 Å². The Balaban J connectivity index is 2.04. The van der Waals surface area contributed by atoms with E-state index in [1.165, 1.54) is 11.3 Å². The van der Waals surface area contributed by atoms with Crippen LogP contribution in [0.25, 0.3) is 21.1 Å². The van der Waals surface area contributed by atoms with E-state index in [0.717, 1.165) is 4.88 Å². The molecule has 17 heavy (non-hydrogen) atoms. The Morgan fingerprint density at radius 3 is 3.24 bits per heavy atom. The maximum atomic E-state index is 11.3. The monoisotopic (exact) mass is 249 g/mol. The molecule has 0 radical (unpaired) electrons. The summed E-state index contributed by atoms with van der Waals surface area (Å²) >= 11 is 1.49. The first kappa shape index (κ1) is 11.3. The molecule has 2 rings (SSSR count). The second-order valence-electron chi connectivity index (χ2n) is 3.09. The molecule has 2 aromatic rings. The van der Waals surface area contributed by atoms with Crippen LogP contribution in [-0.2, 0) is 11.2 Å². The molecule has 0 aliphatic rings. The average molecular weight is 249 g/mol. The summed E-state index contributed by atoms with van der Waals surface area (Å²) in [6.45, 7) is -0.201. The molecule has 0 N–H and O–H groups in total. The van der Waals surface area contributed by atoms with Crippen molar-refractivity contribution in [2.24, 2.45) is 5.11 Å². The van der Waals surface area contributed by atoms with Crippen molar-refractivity contribution in [1.29, 1.82) is 0 Å². The van der Waals surface area contributed by atoms with Crippen LogP contribution < -0.4 is 0 Å². The van der Waals surface area contributed by atoms with E-state index in [0.29, 0.717) is 5.82 Å². The Labute approximate surface area is 99.7 Å². The predicted octanol–water partition coefficient (Wildman–Crippen LogP) is 2.22. The van der Waals surface area contributed by atoms with Gasteiger partial charge in [0, 0.05) is 4.91 Å². The van der Waals surface area contributed by atoms with Crippen molar-refractivity contribution in [1.82, 2.24) is 10.1 Å². The summed E-state index contributed by atoms with van der Waals surface area (Å²) in [7, 11) is 0. The zero-order valence-corrected chi connectivity index (χ0v) is 9.42. The van der Waals surface area contributed by atoms with Crippen LogP contribution >= 0.6 is 11.3 Å². The summed E-state index contributed by atoms with van der Waals surface area (Å²) in [6.07, 6.45) is -0.0165. The second-order valence-corrected chi connectivity index (χ2v) is 4.04. The Kier molecular flexibility index (Phi) is 3.49. The number of carbonyl (C=O) groups is 1. The molecular formula is C9H7N5O2S. The molecule has 0 atom stereocenters. The van der Waals surface area contributed by atoms with Crippen molar-refractivity contribution in [3.63, 3.8) is 0 Å². The minimum Gasteiger partial charge on any atom is -0.338 e. The summed E-state index contributed by atoms with van der Waals surface area (Å²) in [4.78, 5) is 18.7. The number of rotatable bonds is 5. The largest absolute Gasteiger partial charge is 0.338 e. The van der Waals surface area contributed by atoms with E-state index in [9.17, 15) is 4.79 Å². The van der Waals surface area contributed by atoms with Crippen molar-refractivity contribution in [3.8, 4) is 10.7 Å². The van der Waals surface area contributed by atoms with Gasteiger partial charge in [0.2, 0.25) is 11.7 Å². The van der Waals surface area contributed by atoms with Crippen LogP contribution in [0.1, 0.15) is 5.89 Å². The molecule has 0 aliphatic carbocycles. The normalized spacial score (nSPS) is 9.88. The fourth-order valence-corrected chi connectivity index (χ4v) is 1.82. The van der Waals surface area contributed by atoms with Crippen molar-refractivity contribution >= 4 is 17.1 Å². The Morgan fingerprint density at radius 1 is 1.65 bits per heavy atom. The lowest BCUT2D eigenvalue weighted by Gasteiger charge is -1.88. The molecule has 0 saturated heterocycles. The van der Waals surface area contributed by atoms with E-state index in [1.54, 1.807) is 0 Å². The maximum Gasteiger partial charge on any atom is 0.234 e. The minimum absolute atomic E-state index is 0.0165. The third-order valence-electron chi connectivity index (χ3n) is 1.87. The number of thiophene rings is 1. The average Bonchev–Trinajstić information content (AvgIpc) is 2.95. The highest BCUT2D eigenvalue weighted by atomic mass is 32.1. The highest BCUT2D eigenvalue weighted by Gasteiger charge is 2.12. The highest BCUT2D eigenvalue weighted by Crippen LogP contribution is 2.21. The van der Waals surface area contributed by atoms with Gasteiger partial charge in [0.15, 0.2) is 0 Å². The third kappa shape index (κ3) is 2.90. The van der Waals surface area contributed by atoms with Gasteiger partial charge in [-0.3, -0.25) is 4.79 Å². The molecule has 0 aliphatic heterocycles. The molecule has 0 spiro atoms. The summed E-state index contributed by atoms with van der Waals surface area (Å²) < 4.78 is 4.93. The van der Waals surface area contributed by atoms with Crippen molar-refractivity contribution in [2.45, 2.75) is 6.42 Å². The molecule has 2 heterocycles. The van der Waals surface area contributed by atoms with Gasteiger partial charge in [-0.15, -0.1) is 11.3 Å². The number of carbonyl (C=O) groups excluding carboxylic acids is 1. The van der Waals surface area contributed by atoms with Gasteiger partial charge in [0.05, 0.1) is 17.8 Å². The fraction of sp³-hybridized carbons (Fsp3) is 0.222. The van der Waals surface area contributed by atoms with E-state index in [-0.39, 0.29) is 24.6 Å². The van der Waals surface area contributed by atoms with Gasteiger partial charge in [-0.05, 0) is 17.0 Å². The lowest BCUT2D eigenvalue weighted by molar-refractivity contribution is -0.117. The van der Waals surface area contributed by atoms with Gasteiger partial charge in [0.25, 0.3) is 0 Å². The van der Waals surface area contributed by atoms with Gasteiger partial charge in [0.1, 0.15) is 5.78 Å². The van der Waals surface area contributed by atoms with Gasteiger partial charge in [-0.1, -0.05) is 16.3 Å². The maximum absolute atomic E-state index is 11.3. The van der Waals surface area contributed by atoms with E-state index in [4.69, 9.17) is 10.1 Å². The van der Waals surface area contributed by atoms with Gasteiger partial charge < -0.3 is 4.52 Å². The highest BCUT2D eigenvalue weighted by molar-refractivity contribution is 7.13. The van der Waals surface area contributed by atoms with Crippen LogP contribution in [0, 0.1) is 0 Å². The van der Waals surface area contributed by atoms with Crippen LogP contribution in [0.5, 0.6) is 0 Å². The number of azide groups is 1. The third-order valence-corrected chi connectivity index (χ3v) is 2.73. The predicted molar refractivity (Wildman–Crippen MR) is 60.3 cm³/mol. The first-order valence-electron chi connectivity index (χ1n) is 4.68. The van der Waals surface area contributed by atoms with Crippen LogP contribution in [0.15, 0.2) is 27.2 Å². The number of nitrogens with zero attached hydrogens (tertiary/aromatic N) is 5. The second kappa shape index (κ2) is 5.24. The molecular weight excluding hydrogens is 242 g/mol. The van der Waals surface area contributed by atoms with Crippen molar-refractivity contribution in [2.75, 3.05) is 6.54 Å². The summed E-state index contributed by atoms with van der Waals surface area (Å²) in [5.41, 5.74) is 8.07. The van der Waals surface area contributed by atoms with E-state index < -0.39 is 0 Å². The van der Waals surface area contributed by atoms with Gasteiger partial charge >= 0.3 is 0 Å². The van der Waals surface area contributed by atoms with Gasteiger partial charge in [-0.25, -0.2) is 0 Å². The lowest BCUT2D eigenvalue weighted by atomic mass is 10.3. The Bertz CT molecular complexity index is 556. The van der Waals surface area contributed by atoms with Crippen LogP contribution in [-0.4, -0.2) is 22.5 Å². The number of hydrogen-bond acceptors (Lipinski definition) is 6. The fourth-order valence-electron chi connectivity index (χ4n) is 1.17. The minimum atomic E-state index is -0.260. The molecule has 86 valence electrons. The van der Waals surface area contributed by atoms with Crippen LogP contribution in [0.4, 0.5) is 0 Å². The summed E-state index contributed by atoms with van der Waals surface area (Å²) in [5, 5.41) is 8.83. The molecule has 8 heteroatoms. The molecule has 0 aromatic carbocycles. The Morgan fingerprint density at radius 2 is 2.53 bits per heavy atom. The lowest BCUT2D eigenvalue weighted by Crippen LogP contribution is -2.06. The van der Waals surface area contributed by atoms with Gasteiger partial charge in [-0.2, -0.15) is 4.98 Å². The van der Waals surface area contributed by atoms with Crippen molar-refractivity contribution < 1.29 is 9.32 Å². The molecule has 0 saturated carbocycles.